The molecule has 2 amide bonds. The van der Waals surface area contributed by atoms with Gasteiger partial charge in [-0.2, -0.15) is 0 Å². The zero-order chi connectivity index (χ0) is 20.5. The van der Waals surface area contributed by atoms with Crippen molar-refractivity contribution in [1.82, 2.24) is 10.2 Å². The second-order valence-corrected chi connectivity index (χ2v) is 7.23. The van der Waals surface area contributed by atoms with E-state index in [2.05, 4.69) is 15.5 Å². The van der Waals surface area contributed by atoms with Gasteiger partial charge in [-0.3, -0.25) is 14.5 Å². The molecular formula is C23H29N3O3. The van der Waals surface area contributed by atoms with Gasteiger partial charge in [0.25, 0.3) is 0 Å². The van der Waals surface area contributed by atoms with Gasteiger partial charge in [0.1, 0.15) is 5.75 Å². The van der Waals surface area contributed by atoms with E-state index in [1.54, 1.807) is 0 Å². The van der Waals surface area contributed by atoms with Crippen LogP contribution in [0.4, 0.5) is 5.69 Å². The average molecular weight is 396 g/mol. The van der Waals surface area contributed by atoms with Gasteiger partial charge in [0, 0.05) is 12.5 Å². The van der Waals surface area contributed by atoms with E-state index in [4.69, 9.17) is 4.74 Å². The lowest BCUT2D eigenvalue weighted by Crippen LogP contribution is -2.43. The fourth-order valence-electron chi connectivity index (χ4n) is 3.53. The number of nitrogens with one attached hydrogen (secondary N) is 2. The van der Waals surface area contributed by atoms with Crippen LogP contribution in [0.3, 0.4) is 0 Å². The van der Waals surface area contributed by atoms with Crippen molar-refractivity contribution in [2.45, 2.75) is 26.3 Å². The first-order chi connectivity index (χ1) is 14.2. The molecule has 29 heavy (non-hydrogen) atoms. The van der Waals surface area contributed by atoms with E-state index in [9.17, 15) is 9.59 Å². The predicted molar refractivity (Wildman–Crippen MR) is 114 cm³/mol. The summed E-state index contributed by atoms with van der Waals surface area (Å²) in [5.41, 5.74) is 1.79. The molecule has 1 fully saturated rings. The number of likely N-dealkylation sites (tertiary alicyclic amines) is 1. The molecular weight excluding hydrogens is 366 g/mol. The molecule has 1 heterocycles. The molecule has 6 nitrogen and oxygen atoms in total. The summed E-state index contributed by atoms with van der Waals surface area (Å²) in [5, 5.41) is 5.95. The van der Waals surface area contributed by atoms with Gasteiger partial charge in [-0.15, -0.1) is 0 Å². The van der Waals surface area contributed by atoms with Crippen LogP contribution in [0.5, 0.6) is 5.75 Å². The van der Waals surface area contributed by atoms with Crippen molar-refractivity contribution >= 4 is 17.5 Å². The van der Waals surface area contributed by atoms with Crippen LogP contribution < -0.4 is 15.4 Å². The smallest absolute Gasteiger partial charge is 0.238 e. The van der Waals surface area contributed by atoms with Crippen molar-refractivity contribution < 1.29 is 14.3 Å². The molecule has 2 N–H and O–H groups in total. The van der Waals surface area contributed by atoms with E-state index < -0.39 is 0 Å². The Labute approximate surface area is 172 Å². The van der Waals surface area contributed by atoms with Gasteiger partial charge >= 0.3 is 0 Å². The number of hydrogen-bond acceptors (Lipinski definition) is 4. The quantitative estimate of drug-likeness (QED) is 0.721. The SMILES string of the molecule is CCOc1ccccc1NC(=O)CN1CCC(C(=O)NCc2ccccc2)CC1. The lowest BCUT2D eigenvalue weighted by molar-refractivity contribution is -0.126. The lowest BCUT2D eigenvalue weighted by Gasteiger charge is -2.30. The van der Waals surface area contributed by atoms with Crippen LogP contribution in [-0.2, 0) is 16.1 Å². The molecule has 2 aromatic rings. The molecule has 0 spiro atoms. The number of carbonyl (C=O) groups excluding carboxylic acids is 2. The van der Waals surface area contributed by atoms with E-state index in [0.29, 0.717) is 31.1 Å². The van der Waals surface area contributed by atoms with E-state index in [1.165, 1.54) is 0 Å². The number of piperidine rings is 1. The molecule has 0 radical (unpaired) electrons. The van der Waals surface area contributed by atoms with Gasteiger partial charge in [0.2, 0.25) is 11.8 Å². The Balaban J connectivity index is 1.41. The number of anilines is 1. The maximum atomic E-state index is 12.4. The Morgan fingerprint density at radius 1 is 1.03 bits per heavy atom. The van der Waals surface area contributed by atoms with Crippen molar-refractivity contribution in [1.29, 1.82) is 0 Å². The summed E-state index contributed by atoms with van der Waals surface area (Å²) < 4.78 is 5.55. The highest BCUT2D eigenvalue weighted by molar-refractivity contribution is 5.93. The van der Waals surface area contributed by atoms with Crippen molar-refractivity contribution in [3.8, 4) is 5.75 Å². The van der Waals surface area contributed by atoms with Gasteiger partial charge in [0.15, 0.2) is 0 Å². The first kappa shape index (κ1) is 20.9. The largest absolute Gasteiger partial charge is 0.492 e. The van der Waals surface area contributed by atoms with Gasteiger partial charge in [0.05, 0.1) is 18.8 Å². The molecule has 1 aliphatic rings. The monoisotopic (exact) mass is 395 g/mol. The molecule has 0 unspecified atom stereocenters. The second kappa shape index (κ2) is 10.6. The van der Waals surface area contributed by atoms with E-state index in [-0.39, 0.29) is 17.7 Å². The molecule has 0 bridgehead atoms. The summed E-state index contributed by atoms with van der Waals surface area (Å²) in [7, 11) is 0. The molecule has 6 heteroatoms. The Hall–Kier alpha value is -2.86. The molecule has 1 aliphatic heterocycles. The molecule has 2 aromatic carbocycles. The Morgan fingerprint density at radius 3 is 2.45 bits per heavy atom. The van der Waals surface area contributed by atoms with Crippen molar-refractivity contribution in [2.75, 3.05) is 31.6 Å². The summed E-state index contributed by atoms with van der Waals surface area (Å²) in [4.78, 5) is 26.9. The van der Waals surface area contributed by atoms with Crippen molar-refractivity contribution in [2.24, 2.45) is 5.92 Å². The Kier molecular flexibility index (Phi) is 7.64. The summed E-state index contributed by atoms with van der Waals surface area (Å²) in [6, 6.07) is 17.4. The minimum absolute atomic E-state index is 0.0108. The molecule has 0 aliphatic carbocycles. The standard InChI is InChI=1S/C23H29N3O3/c1-2-29-21-11-7-6-10-20(21)25-22(27)17-26-14-12-19(13-15-26)23(28)24-16-18-8-4-3-5-9-18/h3-11,19H,2,12-17H2,1H3,(H,24,28)(H,25,27). The van der Waals surface area contributed by atoms with Crippen LogP contribution in [-0.4, -0.2) is 43.0 Å². The molecule has 154 valence electrons. The number of para-hydroxylation sites is 2. The third-order valence-electron chi connectivity index (χ3n) is 5.10. The van der Waals surface area contributed by atoms with Gasteiger partial charge in [-0.05, 0) is 50.6 Å². The van der Waals surface area contributed by atoms with E-state index in [1.807, 2.05) is 61.5 Å². The highest BCUT2D eigenvalue weighted by atomic mass is 16.5. The molecule has 1 saturated heterocycles. The third-order valence-corrected chi connectivity index (χ3v) is 5.10. The maximum Gasteiger partial charge on any atom is 0.238 e. The normalized spacial score (nSPS) is 14.9. The molecule has 0 atom stereocenters. The van der Waals surface area contributed by atoms with Crippen LogP contribution in [0, 0.1) is 5.92 Å². The van der Waals surface area contributed by atoms with Crippen LogP contribution in [0.15, 0.2) is 54.6 Å². The highest BCUT2D eigenvalue weighted by Gasteiger charge is 2.25. The summed E-state index contributed by atoms with van der Waals surface area (Å²) in [5.74, 6) is 0.724. The summed E-state index contributed by atoms with van der Waals surface area (Å²) in [6.45, 7) is 4.82. The number of amides is 2. The van der Waals surface area contributed by atoms with Crippen LogP contribution in [0.2, 0.25) is 0 Å². The van der Waals surface area contributed by atoms with E-state index >= 15 is 0 Å². The number of rotatable bonds is 8. The van der Waals surface area contributed by atoms with Crippen LogP contribution in [0.1, 0.15) is 25.3 Å². The topological polar surface area (TPSA) is 70.7 Å². The van der Waals surface area contributed by atoms with Crippen LogP contribution in [0.25, 0.3) is 0 Å². The Morgan fingerprint density at radius 2 is 1.72 bits per heavy atom. The Bertz CT molecular complexity index is 802. The zero-order valence-corrected chi connectivity index (χ0v) is 16.9. The highest BCUT2D eigenvalue weighted by Crippen LogP contribution is 2.24. The fraction of sp³-hybridized carbons (Fsp3) is 0.391. The third kappa shape index (κ3) is 6.32. The fourth-order valence-corrected chi connectivity index (χ4v) is 3.53. The summed E-state index contributed by atoms with van der Waals surface area (Å²) in [6.07, 6.45) is 1.53. The number of benzene rings is 2. The first-order valence-electron chi connectivity index (χ1n) is 10.2. The summed E-state index contributed by atoms with van der Waals surface area (Å²) >= 11 is 0. The first-order valence-corrected chi connectivity index (χ1v) is 10.2. The van der Waals surface area contributed by atoms with Gasteiger partial charge in [-0.1, -0.05) is 42.5 Å². The molecule has 3 rings (SSSR count). The van der Waals surface area contributed by atoms with Gasteiger partial charge < -0.3 is 15.4 Å². The van der Waals surface area contributed by atoms with Crippen LogP contribution >= 0.6 is 0 Å². The molecule has 0 saturated carbocycles. The van der Waals surface area contributed by atoms with Crippen molar-refractivity contribution in [3.05, 3.63) is 60.2 Å². The zero-order valence-electron chi connectivity index (χ0n) is 16.9. The minimum Gasteiger partial charge on any atom is -0.492 e. The van der Waals surface area contributed by atoms with Gasteiger partial charge in [-0.25, -0.2) is 0 Å². The second-order valence-electron chi connectivity index (χ2n) is 7.23. The number of hydrogen-bond donors (Lipinski definition) is 2. The number of ether oxygens (including phenoxy) is 1. The lowest BCUT2D eigenvalue weighted by atomic mass is 9.96. The number of nitrogens with zero attached hydrogens (tertiary/aromatic N) is 1. The minimum atomic E-state index is -0.0656. The van der Waals surface area contributed by atoms with E-state index in [0.717, 1.165) is 31.5 Å². The maximum absolute atomic E-state index is 12.4. The molecule has 0 aromatic heterocycles. The number of carbonyl (C=O) groups is 2. The predicted octanol–water partition coefficient (Wildman–Crippen LogP) is 3.05. The average Bonchev–Trinajstić information content (AvgIpc) is 2.75. The van der Waals surface area contributed by atoms with Crippen molar-refractivity contribution in [3.63, 3.8) is 0 Å².